The van der Waals surface area contributed by atoms with E-state index >= 15 is 0 Å². The summed E-state index contributed by atoms with van der Waals surface area (Å²) >= 11 is 0. The molecule has 69 heavy (non-hydrogen) atoms. The predicted molar refractivity (Wildman–Crippen MR) is 269 cm³/mol. The Morgan fingerprint density at radius 3 is 1.43 bits per heavy atom. The average molecular weight is 953 g/mol. The first-order chi connectivity index (χ1) is 33.1. The van der Waals surface area contributed by atoms with Crippen LogP contribution < -0.4 is 9.47 Å². The molecule has 2 N–H and O–H groups in total. The van der Waals surface area contributed by atoms with Gasteiger partial charge in [0.1, 0.15) is 28.5 Å². The molecular formula is C55H44N4O8S2. The molecule has 2 heterocycles. The van der Waals surface area contributed by atoms with E-state index in [1.54, 1.807) is 84.2 Å². The van der Waals surface area contributed by atoms with Gasteiger partial charge in [0.05, 0.1) is 40.9 Å². The summed E-state index contributed by atoms with van der Waals surface area (Å²) in [7, 11) is -3.56. The van der Waals surface area contributed by atoms with Crippen molar-refractivity contribution in [3.05, 3.63) is 181 Å². The number of hydrogen-bond donors (Lipinski definition) is 2. The van der Waals surface area contributed by atoms with Gasteiger partial charge in [-0.3, -0.25) is 0 Å². The van der Waals surface area contributed by atoms with E-state index in [-0.39, 0.29) is 21.3 Å². The van der Waals surface area contributed by atoms with Gasteiger partial charge in [-0.25, -0.2) is 26.2 Å². The molecule has 12 nitrogen and oxygen atoms in total. The van der Waals surface area contributed by atoms with Gasteiger partial charge in [-0.1, -0.05) is 36.4 Å². The second-order valence-electron chi connectivity index (χ2n) is 16.9. The third-order valence-electron chi connectivity index (χ3n) is 12.2. The van der Waals surface area contributed by atoms with Crippen molar-refractivity contribution in [3.8, 4) is 78.9 Å². The number of phenols is 2. The van der Waals surface area contributed by atoms with Gasteiger partial charge in [0.25, 0.3) is 0 Å². The number of phenolic OH excluding ortho intramolecular Hbond substituents is 2. The number of aromatic nitrogens is 4. The monoisotopic (exact) mass is 952 g/mol. The molecule has 0 aliphatic rings. The number of methoxy groups -OCH3 is 2. The van der Waals surface area contributed by atoms with Gasteiger partial charge in [-0.2, -0.15) is 10.2 Å². The van der Waals surface area contributed by atoms with Gasteiger partial charge in [-0.15, -0.1) is 0 Å². The van der Waals surface area contributed by atoms with Gasteiger partial charge >= 0.3 is 0 Å². The topological polar surface area (TPSA) is 163 Å². The van der Waals surface area contributed by atoms with Crippen LogP contribution in [0.5, 0.6) is 23.0 Å². The highest BCUT2D eigenvalue weighted by atomic mass is 32.2. The van der Waals surface area contributed by atoms with Crippen LogP contribution in [0, 0.1) is 0 Å². The quantitative estimate of drug-likeness (QED) is 0.120. The molecular weight excluding hydrogens is 909 g/mol. The minimum Gasteiger partial charge on any atom is -0.507 e. The molecule has 0 atom stereocenters. The molecule has 0 fully saturated rings. The molecule has 344 valence electrons. The lowest BCUT2D eigenvalue weighted by atomic mass is 9.92. The largest absolute Gasteiger partial charge is 0.507 e. The summed E-state index contributed by atoms with van der Waals surface area (Å²) in [6.07, 6.45) is 6.55. The van der Waals surface area contributed by atoms with E-state index in [0.29, 0.717) is 51.3 Å². The lowest BCUT2D eigenvalue weighted by Gasteiger charge is -2.13. The van der Waals surface area contributed by atoms with E-state index < -0.39 is 19.7 Å². The highest BCUT2D eigenvalue weighted by molar-refractivity contribution is 7.91. The van der Waals surface area contributed by atoms with Gasteiger partial charge < -0.3 is 19.7 Å². The molecule has 0 spiro atoms. The van der Waals surface area contributed by atoms with Crippen LogP contribution >= 0.6 is 0 Å². The van der Waals surface area contributed by atoms with Crippen LogP contribution in [-0.4, -0.2) is 73.3 Å². The van der Waals surface area contributed by atoms with Crippen molar-refractivity contribution >= 4 is 41.5 Å². The van der Waals surface area contributed by atoms with Crippen LogP contribution in [0.2, 0.25) is 0 Å². The molecule has 10 aromatic rings. The highest BCUT2D eigenvalue weighted by Crippen LogP contribution is 2.42. The molecule has 0 unspecified atom stereocenters. The summed E-state index contributed by atoms with van der Waals surface area (Å²) in [5, 5.41) is 34.7. The van der Waals surface area contributed by atoms with E-state index in [9.17, 15) is 27.0 Å². The lowest BCUT2D eigenvalue weighted by molar-refractivity contribution is 0.415. The SMILES string of the molecule is COc1ccc(-c2cc(-c3cc(Cc4ccc(O)c(-c5cc(-c6ccc(OC)cc6)cc6nn(-c7ccc(S(C)(=O)=O)cc7)cc56)c4)ccc3O)c3nn(-c4ccc(S(C)(=O)=O)cc4)cc3c2)cc1. The summed E-state index contributed by atoms with van der Waals surface area (Å²) in [6.45, 7) is 0. The molecule has 0 saturated heterocycles. The average Bonchev–Trinajstić information content (AvgIpc) is 4.00. The Balaban J connectivity index is 1.06. The lowest BCUT2D eigenvalue weighted by Crippen LogP contribution is -1.99. The molecule has 0 saturated carbocycles. The van der Waals surface area contributed by atoms with Crippen molar-refractivity contribution in [2.45, 2.75) is 16.2 Å². The van der Waals surface area contributed by atoms with E-state index in [0.717, 1.165) is 55.5 Å². The summed E-state index contributed by atoms with van der Waals surface area (Å²) in [6, 6.07) is 47.6. The first-order valence-corrected chi connectivity index (χ1v) is 25.5. The van der Waals surface area contributed by atoms with Crippen molar-refractivity contribution < 1.29 is 36.5 Å². The smallest absolute Gasteiger partial charge is 0.175 e. The molecule has 0 aliphatic carbocycles. The highest BCUT2D eigenvalue weighted by Gasteiger charge is 2.20. The number of nitrogens with zero attached hydrogens (tertiary/aromatic N) is 4. The summed E-state index contributed by atoms with van der Waals surface area (Å²) in [5.74, 6) is 1.57. The van der Waals surface area contributed by atoms with Crippen LogP contribution in [0.15, 0.2) is 180 Å². The number of ether oxygens (including phenoxy) is 2. The maximum Gasteiger partial charge on any atom is 0.175 e. The van der Waals surface area contributed by atoms with Crippen LogP contribution in [0.4, 0.5) is 0 Å². The van der Waals surface area contributed by atoms with Gasteiger partial charge in [0.2, 0.25) is 0 Å². The molecule has 0 bridgehead atoms. The van der Waals surface area contributed by atoms with Crippen molar-refractivity contribution in [1.29, 1.82) is 0 Å². The third kappa shape index (κ3) is 8.90. The number of benzene rings is 8. The van der Waals surface area contributed by atoms with Gasteiger partial charge in [0, 0.05) is 52.4 Å². The Labute approximate surface area is 398 Å². The summed E-state index contributed by atoms with van der Waals surface area (Å²) in [4.78, 5) is 0.408. The van der Waals surface area contributed by atoms with Crippen LogP contribution in [0.3, 0.4) is 0 Å². The number of hydrogen-bond acceptors (Lipinski definition) is 10. The third-order valence-corrected chi connectivity index (χ3v) is 14.5. The predicted octanol–water partition coefficient (Wildman–Crippen LogP) is 10.9. The molecule has 2 aromatic heterocycles. The van der Waals surface area contributed by atoms with Crippen LogP contribution in [0.1, 0.15) is 11.1 Å². The second-order valence-corrected chi connectivity index (χ2v) is 21.0. The maximum absolute atomic E-state index is 12.2. The second kappa shape index (κ2) is 17.5. The zero-order valence-corrected chi connectivity index (χ0v) is 39.5. The van der Waals surface area contributed by atoms with Gasteiger partial charge in [-0.05, 0) is 167 Å². The first-order valence-electron chi connectivity index (χ1n) is 21.7. The maximum atomic E-state index is 12.2. The fourth-order valence-corrected chi connectivity index (χ4v) is 9.86. The number of aromatic hydroxyl groups is 2. The molecule has 0 amide bonds. The minimum atomic E-state index is -3.40. The normalized spacial score (nSPS) is 11.9. The molecule has 0 aliphatic heterocycles. The van der Waals surface area contributed by atoms with E-state index in [2.05, 4.69) is 0 Å². The summed E-state index contributed by atoms with van der Waals surface area (Å²) < 4.78 is 63.1. The van der Waals surface area contributed by atoms with Crippen LogP contribution in [0.25, 0.3) is 77.7 Å². The van der Waals surface area contributed by atoms with E-state index in [4.69, 9.17) is 19.7 Å². The minimum absolute atomic E-state index is 0.0612. The Bertz CT molecular complexity index is 3580. The zero-order valence-electron chi connectivity index (χ0n) is 37.8. The van der Waals surface area contributed by atoms with Crippen molar-refractivity contribution in [2.75, 3.05) is 26.7 Å². The molecule has 14 heteroatoms. The van der Waals surface area contributed by atoms with Crippen LogP contribution in [-0.2, 0) is 26.1 Å². The fourth-order valence-electron chi connectivity index (χ4n) is 8.60. The Kier molecular flexibility index (Phi) is 11.3. The fraction of sp³-hybridized carbons (Fsp3) is 0.0909. The number of sulfone groups is 2. The van der Waals surface area contributed by atoms with E-state index in [1.807, 2.05) is 109 Å². The molecule has 10 rings (SSSR count). The standard InChI is InChI=1S/C55H44N4O8S2/c1-66-43-15-7-36(8-16-43)38-28-40-32-58(41-11-19-45(20-12-41)68(3,62)63)57-55(40)50(30-38)49-27-35(6-24-54(49)61)25-34-5-23-53(60)48(26-34)47-29-39(37-9-17-44(67-2)18-10-37)31-52-51(47)33-59(56-52)42-13-21-46(22-14-42)69(4,64)65/h5-24,26-33,60-61H,25H2,1-4H3. The van der Waals surface area contributed by atoms with Crippen molar-refractivity contribution in [3.63, 3.8) is 0 Å². The molecule has 8 aromatic carbocycles. The van der Waals surface area contributed by atoms with Crippen molar-refractivity contribution in [2.24, 2.45) is 0 Å². The molecule has 0 radical (unpaired) electrons. The Morgan fingerprint density at radius 2 is 0.942 bits per heavy atom. The van der Waals surface area contributed by atoms with Gasteiger partial charge in [0.15, 0.2) is 19.7 Å². The first kappa shape index (κ1) is 44.6. The summed E-state index contributed by atoms with van der Waals surface area (Å²) in [5.41, 5.74) is 10.6. The zero-order chi connectivity index (χ0) is 48.2. The Morgan fingerprint density at radius 1 is 0.478 bits per heavy atom. The number of fused-ring (bicyclic) bond motifs is 2. The Hall–Kier alpha value is -8.20. The van der Waals surface area contributed by atoms with Crippen molar-refractivity contribution in [1.82, 2.24) is 19.6 Å². The van der Waals surface area contributed by atoms with E-state index in [1.165, 1.54) is 12.5 Å². The number of rotatable bonds is 12.